The summed E-state index contributed by atoms with van der Waals surface area (Å²) < 4.78 is 7.76. The van der Waals surface area contributed by atoms with E-state index in [2.05, 4.69) is 28.8 Å². The number of nitrogens with zero attached hydrogens (tertiary/aromatic N) is 4. The SMILES string of the molecule is Cc1nc([C@H]2CN(C(=O)CCn3ccnc3C(C)C)CCO2)cc(=O)[nH]1. The summed E-state index contributed by atoms with van der Waals surface area (Å²) in [6.07, 6.45) is 3.72. The van der Waals surface area contributed by atoms with Gasteiger partial charge in [-0.25, -0.2) is 9.97 Å². The van der Waals surface area contributed by atoms with E-state index in [4.69, 9.17) is 4.74 Å². The van der Waals surface area contributed by atoms with Gasteiger partial charge < -0.3 is 19.2 Å². The summed E-state index contributed by atoms with van der Waals surface area (Å²) in [5, 5.41) is 0. The summed E-state index contributed by atoms with van der Waals surface area (Å²) in [6, 6.07) is 1.44. The number of nitrogens with one attached hydrogen (secondary N) is 1. The van der Waals surface area contributed by atoms with Crippen molar-refractivity contribution in [2.75, 3.05) is 19.7 Å². The molecule has 0 aliphatic carbocycles. The number of hydrogen-bond donors (Lipinski definition) is 1. The van der Waals surface area contributed by atoms with Gasteiger partial charge in [0.05, 0.1) is 18.8 Å². The molecule has 1 amide bonds. The highest BCUT2D eigenvalue weighted by atomic mass is 16.5. The van der Waals surface area contributed by atoms with Crippen LogP contribution in [-0.2, 0) is 16.1 Å². The molecule has 26 heavy (non-hydrogen) atoms. The van der Waals surface area contributed by atoms with Gasteiger partial charge in [-0.05, 0) is 6.92 Å². The molecule has 3 heterocycles. The zero-order chi connectivity index (χ0) is 18.7. The third-order valence-electron chi connectivity index (χ3n) is 4.46. The van der Waals surface area contributed by atoms with Crippen LogP contribution in [0.3, 0.4) is 0 Å². The Bertz CT molecular complexity index is 826. The summed E-state index contributed by atoms with van der Waals surface area (Å²) in [7, 11) is 0. The number of carbonyl (C=O) groups excluding carboxylic acids is 1. The molecule has 8 heteroatoms. The van der Waals surface area contributed by atoms with Crippen molar-refractivity contribution in [1.29, 1.82) is 0 Å². The van der Waals surface area contributed by atoms with E-state index >= 15 is 0 Å². The predicted molar refractivity (Wildman–Crippen MR) is 95.8 cm³/mol. The third kappa shape index (κ3) is 4.19. The zero-order valence-corrected chi connectivity index (χ0v) is 15.4. The Kier molecular flexibility index (Phi) is 5.51. The van der Waals surface area contributed by atoms with E-state index in [-0.39, 0.29) is 17.6 Å². The maximum atomic E-state index is 12.6. The molecular formula is C18H25N5O3. The first-order valence-corrected chi connectivity index (χ1v) is 8.92. The van der Waals surface area contributed by atoms with Crippen LogP contribution in [-0.4, -0.2) is 50.0 Å². The summed E-state index contributed by atoms with van der Waals surface area (Å²) >= 11 is 0. The van der Waals surface area contributed by atoms with E-state index in [1.807, 2.05) is 10.8 Å². The van der Waals surface area contributed by atoms with Gasteiger partial charge in [-0.3, -0.25) is 9.59 Å². The van der Waals surface area contributed by atoms with Crippen LogP contribution >= 0.6 is 0 Å². The van der Waals surface area contributed by atoms with Crippen molar-refractivity contribution in [1.82, 2.24) is 24.4 Å². The molecule has 0 saturated carbocycles. The van der Waals surface area contributed by atoms with Gasteiger partial charge in [-0.1, -0.05) is 13.8 Å². The molecule has 1 fully saturated rings. The molecule has 3 rings (SSSR count). The minimum Gasteiger partial charge on any atom is -0.368 e. The fraction of sp³-hybridized carbons (Fsp3) is 0.556. The first-order chi connectivity index (χ1) is 12.4. The van der Waals surface area contributed by atoms with Crippen LogP contribution < -0.4 is 5.56 Å². The second kappa shape index (κ2) is 7.82. The normalized spacial score (nSPS) is 17.7. The average Bonchev–Trinajstić information content (AvgIpc) is 3.08. The third-order valence-corrected chi connectivity index (χ3v) is 4.46. The van der Waals surface area contributed by atoms with Crippen molar-refractivity contribution in [3.63, 3.8) is 0 Å². The molecule has 1 aliphatic heterocycles. The van der Waals surface area contributed by atoms with Gasteiger partial charge in [0.1, 0.15) is 17.8 Å². The van der Waals surface area contributed by atoms with E-state index < -0.39 is 0 Å². The minimum absolute atomic E-state index is 0.0725. The van der Waals surface area contributed by atoms with Gasteiger partial charge in [-0.15, -0.1) is 0 Å². The Morgan fingerprint density at radius 3 is 3.00 bits per heavy atom. The molecule has 2 aromatic heterocycles. The smallest absolute Gasteiger partial charge is 0.251 e. The number of hydrogen-bond acceptors (Lipinski definition) is 5. The predicted octanol–water partition coefficient (Wildman–Crippen LogP) is 1.39. The zero-order valence-electron chi connectivity index (χ0n) is 15.4. The summed E-state index contributed by atoms with van der Waals surface area (Å²) in [6.45, 7) is 7.92. The Morgan fingerprint density at radius 1 is 1.46 bits per heavy atom. The number of carbonyl (C=O) groups is 1. The van der Waals surface area contributed by atoms with Crippen LogP contribution in [0.2, 0.25) is 0 Å². The lowest BCUT2D eigenvalue weighted by Gasteiger charge is -2.32. The molecule has 0 unspecified atom stereocenters. The van der Waals surface area contributed by atoms with Crippen LogP contribution in [0.25, 0.3) is 0 Å². The molecule has 0 spiro atoms. The molecule has 0 aromatic carbocycles. The highest BCUT2D eigenvalue weighted by Crippen LogP contribution is 2.20. The van der Waals surface area contributed by atoms with Gasteiger partial charge in [-0.2, -0.15) is 0 Å². The van der Waals surface area contributed by atoms with Gasteiger partial charge >= 0.3 is 0 Å². The van der Waals surface area contributed by atoms with Crippen LogP contribution in [0.5, 0.6) is 0 Å². The quantitative estimate of drug-likeness (QED) is 0.871. The van der Waals surface area contributed by atoms with E-state index in [0.717, 1.165) is 5.82 Å². The Balaban J connectivity index is 1.62. The minimum atomic E-state index is -0.367. The number of imidazole rings is 1. The number of rotatable bonds is 5. The maximum Gasteiger partial charge on any atom is 0.251 e. The van der Waals surface area contributed by atoms with E-state index in [1.54, 1.807) is 18.0 Å². The number of aromatic nitrogens is 4. The van der Waals surface area contributed by atoms with Crippen molar-refractivity contribution < 1.29 is 9.53 Å². The molecule has 1 N–H and O–H groups in total. The Hall–Kier alpha value is -2.48. The summed E-state index contributed by atoms with van der Waals surface area (Å²) in [4.78, 5) is 37.4. The Morgan fingerprint density at radius 2 is 2.27 bits per heavy atom. The fourth-order valence-corrected chi connectivity index (χ4v) is 3.21. The van der Waals surface area contributed by atoms with Gasteiger partial charge in [0, 0.05) is 43.9 Å². The number of aromatic amines is 1. The highest BCUT2D eigenvalue weighted by Gasteiger charge is 2.26. The maximum absolute atomic E-state index is 12.6. The summed E-state index contributed by atoms with van der Waals surface area (Å²) in [5.41, 5.74) is 0.362. The molecule has 0 bridgehead atoms. The number of morpholine rings is 1. The molecule has 2 aromatic rings. The number of aryl methyl sites for hydroxylation is 2. The van der Waals surface area contributed by atoms with Crippen LogP contribution in [0.15, 0.2) is 23.3 Å². The molecule has 0 radical (unpaired) electrons. The molecule has 1 aliphatic rings. The van der Waals surface area contributed by atoms with Gasteiger partial charge in [0.2, 0.25) is 5.91 Å². The van der Waals surface area contributed by atoms with Crippen molar-refractivity contribution >= 4 is 5.91 Å². The standard InChI is InChI=1S/C18H25N5O3/c1-12(2)18-19-5-7-22(18)6-4-17(25)23-8-9-26-15(11-23)14-10-16(24)21-13(3)20-14/h5,7,10,12,15H,4,6,8-9,11H2,1-3H3,(H,20,21,24)/t15-/m1/s1. The second-order valence-electron chi connectivity index (χ2n) is 6.84. The topological polar surface area (TPSA) is 93.1 Å². The molecular weight excluding hydrogens is 334 g/mol. The first-order valence-electron chi connectivity index (χ1n) is 8.92. The molecule has 140 valence electrons. The monoisotopic (exact) mass is 359 g/mol. The van der Waals surface area contributed by atoms with Crippen molar-refractivity contribution in [2.24, 2.45) is 0 Å². The molecule has 8 nitrogen and oxygen atoms in total. The van der Waals surface area contributed by atoms with Crippen LogP contribution in [0.4, 0.5) is 0 Å². The lowest BCUT2D eigenvalue weighted by atomic mass is 10.2. The number of amides is 1. The van der Waals surface area contributed by atoms with Crippen molar-refractivity contribution in [3.05, 3.63) is 46.2 Å². The second-order valence-corrected chi connectivity index (χ2v) is 6.84. The average molecular weight is 359 g/mol. The van der Waals surface area contributed by atoms with Crippen LogP contribution in [0.1, 0.15) is 49.6 Å². The van der Waals surface area contributed by atoms with E-state index in [0.29, 0.717) is 50.1 Å². The van der Waals surface area contributed by atoms with E-state index in [1.165, 1.54) is 6.07 Å². The van der Waals surface area contributed by atoms with Gasteiger partial charge in [0.25, 0.3) is 5.56 Å². The lowest BCUT2D eigenvalue weighted by Crippen LogP contribution is -2.43. The highest BCUT2D eigenvalue weighted by molar-refractivity contribution is 5.76. The lowest BCUT2D eigenvalue weighted by molar-refractivity contribution is -0.139. The molecule has 1 atom stereocenters. The first kappa shape index (κ1) is 18.3. The number of H-pyrrole nitrogens is 1. The summed E-state index contributed by atoms with van der Waals surface area (Å²) in [5.74, 6) is 1.92. The van der Waals surface area contributed by atoms with Gasteiger partial charge in [0.15, 0.2) is 0 Å². The molecule has 1 saturated heterocycles. The van der Waals surface area contributed by atoms with E-state index in [9.17, 15) is 9.59 Å². The van der Waals surface area contributed by atoms with Crippen LogP contribution in [0, 0.1) is 6.92 Å². The van der Waals surface area contributed by atoms with Crippen molar-refractivity contribution in [3.8, 4) is 0 Å². The van der Waals surface area contributed by atoms with Crippen molar-refractivity contribution in [2.45, 2.75) is 45.8 Å². The number of ether oxygens (including phenoxy) is 1. The largest absolute Gasteiger partial charge is 0.368 e. The fourth-order valence-electron chi connectivity index (χ4n) is 3.21. The Labute approximate surface area is 152 Å².